The van der Waals surface area contributed by atoms with Crippen molar-refractivity contribution in [1.29, 1.82) is 0 Å². The van der Waals surface area contributed by atoms with E-state index in [1.807, 2.05) is 30.3 Å². The molecule has 74 valence electrons. The van der Waals surface area contributed by atoms with E-state index in [2.05, 4.69) is 10.2 Å². The molecule has 0 aliphatic rings. The van der Waals surface area contributed by atoms with Crippen LogP contribution in [0.2, 0.25) is 0 Å². The van der Waals surface area contributed by atoms with Gasteiger partial charge in [0.05, 0.1) is 5.69 Å². The molecular formula is C12H9FN2. The molecule has 15 heavy (non-hydrogen) atoms. The lowest BCUT2D eigenvalue weighted by molar-refractivity contribution is 0.628. The predicted molar refractivity (Wildman–Crippen MR) is 57.0 cm³/mol. The van der Waals surface area contributed by atoms with Crippen LogP contribution >= 0.6 is 0 Å². The third-order valence-corrected chi connectivity index (χ3v) is 1.88. The van der Waals surface area contributed by atoms with Crippen molar-refractivity contribution in [3.63, 3.8) is 0 Å². The van der Waals surface area contributed by atoms with Gasteiger partial charge >= 0.3 is 0 Å². The van der Waals surface area contributed by atoms with Crippen molar-refractivity contribution < 1.29 is 4.39 Å². The summed E-state index contributed by atoms with van der Waals surface area (Å²) in [6, 6.07) is 15.5. The first-order valence-corrected chi connectivity index (χ1v) is 4.57. The second-order valence-corrected chi connectivity index (χ2v) is 2.99. The van der Waals surface area contributed by atoms with Gasteiger partial charge in [0.1, 0.15) is 5.69 Å². The first-order valence-electron chi connectivity index (χ1n) is 4.57. The number of rotatable bonds is 2. The van der Waals surface area contributed by atoms with Crippen LogP contribution in [0.5, 0.6) is 0 Å². The van der Waals surface area contributed by atoms with Gasteiger partial charge in [-0.3, -0.25) is 0 Å². The summed E-state index contributed by atoms with van der Waals surface area (Å²) in [7, 11) is 0. The summed E-state index contributed by atoms with van der Waals surface area (Å²) in [6.07, 6.45) is 0. The van der Waals surface area contributed by atoms with E-state index in [1.54, 1.807) is 18.2 Å². The third-order valence-electron chi connectivity index (χ3n) is 1.88. The maximum absolute atomic E-state index is 13.1. The summed E-state index contributed by atoms with van der Waals surface area (Å²) in [5.41, 5.74) is 0.960. The fourth-order valence-electron chi connectivity index (χ4n) is 1.14. The van der Waals surface area contributed by atoms with Crippen molar-refractivity contribution >= 4 is 11.4 Å². The minimum atomic E-state index is -0.364. The highest BCUT2D eigenvalue weighted by molar-refractivity contribution is 5.40. The average Bonchev–Trinajstić information content (AvgIpc) is 2.29. The van der Waals surface area contributed by atoms with Crippen molar-refractivity contribution in [3.8, 4) is 0 Å². The molecule has 0 spiro atoms. The fourth-order valence-corrected chi connectivity index (χ4v) is 1.14. The van der Waals surface area contributed by atoms with Gasteiger partial charge in [-0.2, -0.15) is 5.11 Å². The fraction of sp³-hybridized carbons (Fsp3) is 0. The molecule has 2 aromatic carbocycles. The van der Waals surface area contributed by atoms with E-state index in [-0.39, 0.29) is 11.5 Å². The van der Waals surface area contributed by atoms with Crippen LogP contribution in [0.15, 0.2) is 64.8 Å². The highest BCUT2D eigenvalue weighted by Gasteiger charge is 1.96. The second-order valence-electron chi connectivity index (χ2n) is 2.99. The van der Waals surface area contributed by atoms with Crippen molar-refractivity contribution in [2.45, 2.75) is 0 Å². The SMILES string of the molecule is Fc1ccccc1N=Nc1ccccc1. The highest BCUT2D eigenvalue weighted by atomic mass is 19.1. The first-order chi connectivity index (χ1) is 7.36. The minimum Gasteiger partial charge on any atom is -0.205 e. The molecule has 2 aromatic rings. The van der Waals surface area contributed by atoms with Crippen LogP contribution < -0.4 is 0 Å². The molecule has 0 unspecified atom stereocenters. The minimum absolute atomic E-state index is 0.251. The van der Waals surface area contributed by atoms with E-state index in [1.165, 1.54) is 6.07 Å². The van der Waals surface area contributed by atoms with E-state index >= 15 is 0 Å². The third kappa shape index (κ3) is 2.47. The Morgan fingerprint density at radius 2 is 1.40 bits per heavy atom. The number of hydrogen-bond donors (Lipinski definition) is 0. The molecule has 0 aliphatic carbocycles. The highest BCUT2D eigenvalue weighted by Crippen LogP contribution is 2.20. The molecule has 0 radical (unpaired) electrons. The lowest BCUT2D eigenvalue weighted by Gasteiger charge is -1.93. The van der Waals surface area contributed by atoms with Gasteiger partial charge in [0.25, 0.3) is 0 Å². The van der Waals surface area contributed by atoms with Crippen LogP contribution in [-0.2, 0) is 0 Å². The van der Waals surface area contributed by atoms with Crippen molar-refractivity contribution in [2.24, 2.45) is 10.2 Å². The summed E-state index contributed by atoms with van der Waals surface area (Å²) >= 11 is 0. The Morgan fingerprint density at radius 1 is 0.733 bits per heavy atom. The summed E-state index contributed by atoms with van der Waals surface area (Å²) in [4.78, 5) is 0. The standard InChI is InChI=1S/C12H9FN2/c13-11-8-4-5-9-12(11)15-14-10-6-2-1-3-7-10/h1-9H. The van der Waals surface area contributed by atoms with Gasteiger partial charge in [-0.25, -0.2) is 4.39 Å². The molecule has 0 bridgehead atoms. The Kier molecular flexibility index (Phi) is 2.83. The number of halogens is 1. The van der Waals surface area contributed by atoms with Crippen molar-refractivity contribution in [2.75, 3.05) is 0 Å². The molecule has 0 saturated heterocycles. The maximum Gasteiger partial charge on any atom is 0.150 e. The maximum atomic E-state index is 13.1. The van der Waals surface area contributed by atoms with Crippen LogP contribution in [-0.4, -0.2) is 0 Å². The molecule has 0 aliphatic heterocycles. The van der Waals surface area contributed by atoms with Gasteiger partial charge in [-0.15, -0.1) is 5.11 Å². The molecular weight excluding hydrogens is 191 g/mol. The van der Waals surface area contributed by atoms with Gasteiger partial charge in [-0.1, -0.05) is 30.3 Å². The van der Waals surface area contributed by atoms with Gasteiger partial charge in [0.15, 0.2) is 5.82 Å². The van der Waals surface area contributed by atoms with E-state index in [4.69, 9.17) is 0 Å². The number of benzene rings is 2. The topological polar surface area (TPSA) is 24.7 Å². The Morgan fingerprint density at radius 3 is 2.13 bits per heavy atom. The Hall–Kier alpha value is -2.03. The average molecular weight is 200 g/mol. The van der Waals surface area contributed by atoms with Crippen LogP contribution in [0.3, 0.4) is 0 Å². The molecule has 0 atom stereocenters. The predicted octanol–water partition coefficient (Wildman–Crippen LogP) is 4.24. The van der Waals surface area contributed by atoms with E-state index < -0.39 is 0 Å². The Labute approximate surface area is 87.1 Å². The zero-order chi connectivity index (χ0) is 10.5. The van der Waals surface area contributed by atoms with Crippen LogP contribution in [0.1, 0.15) is 0 Å². The summed E-state index contributed by atoms with van der Waals surface area (Å²) < 4.78 is 13.1. The second kappa shape index (κ2) is 4.46. The molecule has 2 rings (SSSR count). The summed E-state index contributed by atoms with van der Waals surface area (Å²) in [6.45, 7) is 0. The summed E-state index contributed by atoms with van der Waals surface area (Å²) in [5.74, 6) is -0.364. The smallest absolute Gasteiger partial charge is 0.150 e. The van der Waals surface area contributed by atoms with Gasteiger partial charge in [0.2, 0.25) is 0 Å². The normalized spacial score (nSPS) is 10.7. The molecule has 0 aromatic heterocycles. The Balaban J connectivity index is 2.23. The van der Waals surface area contributed by atoms with Crippen molar-refractivity contribution in [1.82, 2.24) is 0 Å². The van der Waals surface area contributed by atoms with Crippen LogP contribution in [0.4, 0.5) is 15.8 Å². The van der Waals surface area contributed by atoms with Gasteiger partial charge in [0, 0.05) is 0 Å². The largest absolute Gasteiger partial charge is 0.205 e. The quantitative estimate of drug-likeness (QED) is 0.648. The molecule has 2 nitrogen and oxygen atoms in total. The Bertz CT molecular complexity index is 466. The molecule has 3 heteroatoms. The lowest BCUT2D eigenvalue weighted by Crippen LogP contribution is -1.71. The molecule has 0 fully saturated rings. The van der Waals surface area contributed by atoms with Crippen molar-refractivity contribution in [3.05, 3.63) is 60.4 Å². The molecule has 0 heterocycles. The van der Waals surface area contributed by atoms with E-state index in [9.17, 15) is 4.39 Å². The molecule has 0 saturated carbocycles. The number of nitrogens with zero attached hydrogens (tertiary/aromatic N) is 2. The van der Waals surface area contributed by atoms with Gasteiger partial charge < -0.3 is 0 Å². The first kappa shape index (κ1) is 9.52. The number of azo groups is 1. The zero-order valence-electron chi connectivity index (χ0n) is 7.97. The lowest BCUT2D eigenvalue weighted by atomic mass is 10.3. The van der Waals surface area contributed by atoms with E-state index in [0.717, 1.165) is 0 Å². The van der Waals surface area contributed by atoms with Crippen LogP contribution in [0.25, 0.3) is 0 Å². The zero-order valence-corrected chi connectivity index (χ0v) is 7.97. The monoisotopic (exact) mass is 200 g/mol. The molecule has 0 N–H and O–H groups in total. The summed E-state index contributed by atoms with van der Waals surface area (Å²) in [5, 5.41) is 7.75. The number of hydrogen-bond acceptors (Lipinski definition) is 2. The van der Waals surface area contributed by atoms with Gasteiger partial charge in [-0.05, 0) is 24.3 Å². The van der Waals surface area contributed by atoms with Crippen LogP contribution in [0, 0.1) is 5.82 Å². The van der Waals surface area contributed by atoms with E-state index in [0.29, 0.717) is 5.69 Å². The molecule has 0 amide bonds.